The molecule has 4 rings (SSSR count). The van der Waals surface area contributed by atoms with Crippen LogP contribution in [0, 0.1) is 13.8 Å². The van der Waals surface area contributed by atoms with E-state index in [2.05, 4.69) is 26.5 Å². The van der Waals surface area contributed by atoms with Crippen LogP contribution in [0.1, 0.15) is 22.5 Å². The molecule has 1 heterocycles. The van der Waals surface area contributed by atoms with Gasteiger partial charge in [-0.2, -0.15) is 18.3 Å². The molecule has 0 atom stereocenters. The van der Waals surface area contributed by atoms with Crippen molar-refractivity contribution in [2.75, 3.05) is 10.8 Å². The van der Waals surface area contributed by atoms with E-state index in [0.717, 1.165) is 14.8 Å². The van der Waals surface area contributed by atoms with Crippen molar-refractivity contribution in [1.29, 1.82) is 0 Å². The smallest absolute Gasteiger partial charge is 0.317 e. The number of amides is 1. The van der Waals surface area contributed by atoms with Gasteiger partial charge in [0, 0.05) is 21.4 Å². The molecule has 40 heavy (non-hydrogen) atoms. The number of anilines is 1. The van der Waals surface area contributed by atoms with Crippen molar-refractivity contribution >= 4 is 43.8 Å². The van der Waals surface area contributed by atoms with Crippen molar-refractivity contribution in [3.05, 3.63) is 112 Å². The topological polar surface area (TPSA) is 83.8 Å². The van der Waals surface area contributed by atoms with Gasteiger partial charge >= 0.3 is 6.18 Å². The van der Waals surface area contributed by atoms with Crippen LogP contribution in [0.5, 0.6) is 0 Å². The lowest BCUT2D eigenvalue weighted by Gasteiger charge is -2.23. The van der Waals surface area contributed by atoms with E-state index in [1.165, 1.54) is 41.1 Å². The molecule has 0 saturated carbocycles. The maximum absolute atomic E-state index is 13.6. The Hall–Kier alpha value is -3.90. The zero-order valence-corrected chi connectivity index (χ0v) is 23.8. The van der Waals surface area contributed by atoms with Crippen LogP contribution in [0.25, 0.3) is 5.69 Å². The van der Waals surface area contributed by atoms with Crippen LogP contribution in [0.4, 0.5) is 18.9 Å². The molecule has 0 spiro atoms. The van der Waals surface area contributed by atoms with Gasteiger partial charge in [-0.3, -0.25) is 9.10 Å². The predicted octanol–water partition coefficient (Wildman–Crippen LogP) is 6.22. The van der Waals surface area contributed by atoms with Crippen LogP contribution < -0.4 is 9.73 Å². The van der Waals surface area contributed by atoms with E-state index in [0.29, 0.717) is 17.0 Å². The summed E-state index contributed by atoms with van der Waals surface area (Å²) in [5.74, 6) is -0.713. The monoisotopic (exact) mass is 632 g/mol. The van der Waals surface area contributed by atoms with E-state index in [9.17, 15) is 26.4 Å². The summed E-state index contributed by atoms with van der Waals surface area (Å²) in [6.07, 6.45) is -3.23. The van der Waals surface area contributed by atoms with Crippen molar-refractivity contribution < 1.29 is 26.4 Å². The van der Waals surface area contributed by atoms with Crippen molar-refractivity contribution in [2.24, 2.45) is 5.10 Å². The third-order valence-electron chi connectivity index (χ3n) is 6.05. The molecule has 0 unspecified atom stereocenters. The van der Waals surface area contributed by atoms with E-state index < -0.39 is 34.2 Å². The van der Waals surface area contributed by atoms with Gasteiger partial charge in [-0.05, 0) is 68.4 Å². The van der Waals surface area contributed by atoms with Crippen LogP contribution >= 0.6 is 15.9 Å². The van der Waals surface area contributed by atoms with Gasteiger partial charge in [0.2, 0.25) is 0 Å². The number of carbonyl (C=O) groups is 1. The third kappa shape index (κ3) is 6.28. The highest BCUT2D eigenvalue weighted by atomic mass is 79.9. The Morgan fingerprint density at radius 1 is 1.00 bits per heavy atom. The largest absolute Gasteiger partial charge is 0.418 e. The number of benzene rings is 3. The highest BCUT2D eigenvalue weighted by molar-refractivity contribution is 9.10. The number of carbonyl (C=O) groups excluding carboxylic acids is 1. The van der Waals surface area contributed by atoms with Crippen LogP contribution in [0.15, 0.2) is 99.4 Å². The molecule has 1 N–H and O–H groups in total. The number of nitrogens with zero attached hydrogens (tertiary/aromatic N) is 3. The highest BCUT2D eigenvalue weighted by Crippen LogP contribution is 2.35. The van der Waals surface area contributed by atoms with Crippen LogP contribution in [-0.4, -0.2) is 31.7 Å². The lowest BCUT2D eigenvalue weighted by atomic mass is 10.1. The molecule has 3 aromatic carbocycles. The number of hydrogen-bond acceptors (Lipinski definition) is 4. The first-order valence-electron chi connectivity index (χ1n) is 11.9. The number of sulfonamides is 1. The van der Waals surface area contributed by atoms with Crippen LogP contribution in [0.2, 0.25) is 0 Å². The Morgan fingerprint density at radius 2 is 1.62 bits per heavy atom. The van der Waals surface area contributed by atoms with E-state index in [1.807, 2.05) is 0 Å². The molecule has 0 saturated heterocycles. The Balaban J connectivity index is 1.57. The summed E-state index contributed by atoms with van der Waals surface area (Å²) in [7, 11) is -4.08. The second kappa shape index (κ2) is 11.7. The molecule has 1 aromatic heterocycles. The summed E-state index contributed by atoms with van der Waals surface area (Å²) in [5, 5.41) is 3.95. The fourth-order valence-corrected chi connectivity index (χ4v) is 5.89. The van der Waals surface area contributed by atoms with Gasteiger partial charge in [0.05, 0.1) is 28.0 Å². The molecule has 7 nitrogen and oxygen atoms in total. The maximum atomic E-state index is 13.6. The number of halogens is 4. The Bertz CT molecular complexity index is 1650. The van der Waals surface area contributed by atoms with Gasteiger partial charge in [-0.15, -0.1) is 0 Å². The summed E-state index contributed by atoms with van der Waals surface area (Å²) in [6, 6.07) is 21.1. The van der Waals surface area contributed by atoms with Gasteiger partial charge in [0.15, 0.2) is 0 Å². The van der Waals surface area contributed by atoms with Gasteiger partial charge in [-0.1, -0.05) is 46.3 Å². The molecule has 0 fully saturated rings. The molecule has 0 aliphatic rings. The van der Waals surface area contributed by atoms with Crippen molar-refractivity contribution in [1.82, 2.24) is 9.99 Å². The molecule has 1 amide bonds. The fourth-order valence-electron chi connectivity index (χ4n) is 4.18. The quantitative estimate of drug-likeness (QED) is 0.185. The van der Waals surface area contributed by atoms with Crippen molar-refractivity contribution in [3.63, 3.8) is 0 Å². The zero-order chi connectivity index (χ0) is 29.1. The first-order chi connectivity index (χ1) is 18.9. The maximum Gasteiger partial charge on any atom is 0.418 e. The van der Waals surface area contributed by atoms with Gasteiger partial charge < -0.3 is 4.57 Å². The number of rotatable bonds is 8. The average molecular weight is 633 g/mol. The number of aryl methyl sites for hydroxylation is 1. The number of alkyl halides is 3. The second-order valence-electron chi connectivity index (χ2n) is 8.77. The molecule has 0 aliphatic heterocycles. The van der Waals surface area contributed by atoms with Crippen LogP contribution in [0.3, 0.4) is 0 Å². The number of hydrogen-bond donors (Lipinski definition) is 1. The summed E-state index contributed by atoms with van der Waals surface area (Å²) >= 11 is 3.31. The standard InChI is InChI=1S/C28H24BrF3N4O3S/c1-19-16-21(20(2)36(19)26-11-7-6-10-25(26)28(30,31)32)17-33-34-27(37)18-35(23-14-12-22(29)13-15-23)40(38,39)24-8-4-3-5-9-24/h3-17H,18H2,1-2H3,(H,34,37)/b33-17-. The molecule has 0 radical (unpaired) electrons. The van der Waals surface area contributed by atoms with Crippen molar-refractivity contribution in [3.8, 4) is 5.69 Å². The Morgan fingerprint density at radius 3 is 2.27 bits per heavy atom. The predicted molar refractivity (Wildman–Crippen MR) is 151 cm³/mol. The van der Waals surface area contributed by atoms with E-state index in [4.69, 9.17) is 0 Å². The number of hydrazone groups is 1. The molecular weight excluding hydrogens is 609 g/mol. The van der Waals surface area contributed by atoms with E-state index in [-0.39, 0.29) is 16.3 Å². The molecule has 12 heteroatoms. The Labute approximate surface area is 238 Å². The summed E-state index contributed by atoms with van der Waals surface area (Å²) in [6.45, 7) is 2.75. The second-order valence-corrected chi connectivity index (χ2v) is 11.5. The fraction of sp³-hybridized carbons (Fsp3) is 0.143. The van der Waals surface area contributed by atoms with E-state index >= 15 is 0 Å². The first-order valence-corrected chi connectivity index (χ1v) is 14.1. The van der Waals surface area contributed by atoms with E-state index in [1.54, 1.807) is 62.4 Å². The number of nitrogens with one attached hydrogen (secondary N) is 1. The Kier molecular flexibility index (Phi) is 8.50. The first kappa shape index (κ1) is 29.1. The molecule has 208 valence electrons. The number of aromatic nitrogens is 1. The lowest BCUT2D eigenvalue weighted by molar-refractivity contribution is -0.137. The number of para-hydroxylation sites is 1. The molecule has 0 aliphatic carbocycles. The SMILES string of the molecule is Cc1cc(/C=N\NC(=O)CN(c2ccc(Br)cc2)S(=O)(=O)c2ccccc2)c(C)n1-c1ccccc1C(F)(F)F. The lowest BCUT2D eigenvalue weighted by Crippen LogP contribution is -2.39. The minimum Gasteiger partial charge on any atom is -0.317 e. The minimum absolute atomic E-state index is 0.0146. The minimum atomic E-state index is -4.54. The third-order valence-corrected chi connectivity index (χ3v) is 8.36. The van der Waals surface area contributed by atoms with Gasteiger partial charge in [0.1, 0.15) is 6.54 Å². The zero-order valence-electron chi connectivity index (χ0n) is 21.4. The van der Waals surface area contributed by atoms with Gasteiger partial charge in [0.25, 0.3) is 15.9 Å². The molecule has 0 bridgehead atoms. The van der Waals surface area contributed by atoms with Crippen LogP contribution in [-0.2, 0) is 21.0 Å². The summed E-state index contributed by atoms with van der Waals surface area (Å²) < 4.78 is 70.7. The summed E-state index contributed by atoms with van der Waals surface area (Å²) in [4.78, 5) is 12.8. The highest BCUT2D eigenvalue weighted by Gasteiger charge is 2.34. The summed E-state index contributed by atoms with van der Waals surface area (Å²) in [5.41, 5.74) is 3.30. The normalized spacial score (nSPS) is 12.1. The van der Waals surface area contributed by atoms with Crippen molar-refractivity contribution in [2.45, 2.75) is 24.9 Å². The average Bonchev–Trinajstić information content (AvgIpc) is 3.20. The molecule has 4 aromatic rings. The van der Waals surface area contributed by atoms with Gasteiger partial charge in [-0.25, -0.2) is 13.8 Å². The molecular formula is C28H24BrF3N4O3S.